The maximum absolute atomic E-state index is 12.7. The summed E-state index contributed by atoms with van der Waals surface area (Å²) in [6, 6.07) is 10.1. The molecular weight excluding hydrogens is 386 g/mol. The molecule has 0 unspecified atom stereocenters. The number of furan rings is 1. The molecule has 8 heteroatoms. The Morgan fingerprint density at radius 3 is 2.62 bits per heavy atom. The number of anilines is 1. The lowest BCUT2D eigenvalue weighted by Crippen LogP contribution is -2.49. The first-order valence-corrected chi connectivity index (χ1v) is 10.7. The maximum Gasteiger partial charge on any atom is 0.233 e. The first-order valence-electron chi connectivity index (χ1n) is 9.69. The number of piperazine rings is 1. The van der Waals surface area contributed by atoms with Gasteiger partial charge in [0, 0.05) is 38.9 Å². The molecule has 1 saturated heterocycles. The van der Waals surface area contributed by atoms with Gasteiger partial charge in [0.1, 0.15) is 0 Å². The van der Waals surface area contributed by atoms with Crippen molar-refractivity contribution in [1.82, 2.24) is 19.7 Å². The van der Waals surface area contributed by atoms with E-state index in [0.717, 1.165) is 26.2 Å². The third kappa shape index (κ3) is 4.03. The Balaban J connectivity index is 1.32. The Kier molecular flexibility index (Phi) is 5.62. The molecule has 0 aliphatic carbocycles. The predicted octanol–water partition coefficient (Wildman–Crippen LogP) is 3.13. The molecule has 0 bridgehead atoms. The van der Waals surface area contributed by atoms with Crippen LogP contribution < -0.4 is 4.90 Å². The zero-order valence-electron chi connectivity index (χ0n) is 17.0. The number of nitrogens with zero attached hydrogens (tertiary/aromatic N) is 5. The monoisotopic (exact) mass is 411 g/mol. The normalized spacial score (nSPS) is 14.4. The molecule has 7 nitrogen and oxygen atoms in total. The molecule has 0 spiro atoms. The van der Waals surface area contributed by atoms with Gasteiger partial charge in [-0.05, 0) is 43.2 Å². The van der Waals surface area contributed by atoms with Crippen molar-refractivity contribution in [3.63, 3.8) is 0 Å². The smallest absolute Gasteiger partial charge is 0.233 e. The molecule has 2 aromatic heterocycles. The zero-order valence-corrected chi connectivity index (χ0v) is 17.8. The van der Waals surface area contributed by atoms with Gasteiger partial charge in [0.05, 0.1) is 12.0 Å². The molecule has 0 N–H and O–H groups in total. The van der Waals surface area contributed by atoms with Gasteiger partial charge in [-0.1, -0.05) is 23.9 Å². The highest BCUT2D eigenvalue weighted by Crippen LogP contribution is 2.25. The number of carbonyl (C=O) groups excluding carboxylic acids is 1. The Labute approximate surface area is 174 Å². The van der Waals surface area contributed by atoms with Crippen molar-refractivity contribution in [3.8, 4) is 11.6 Å². The highest BCUT2D eigenvalue weighted by molar-refractivity contribution is 7.99. The molecule has 0 radical (unpaired) electrons. The van der Waals surface area contributed by atoms with Gasteiger partial charge in [0.25, 0.3) is 0 Å². The average molecular weight is 412 g/mol. The van der Waals surface area contributed by atoms with Crippen LogP contribution in [-0.4, -0.2) is 57.5 Å². The lowest BCUT2D eigenvalue weighted by Gasteiger charge is -2.37. The van der Waals surface area contributed by atoms with E-state index >= 15 is 0 Å². The first kappa shape index (κ1) is 19.6. The summed E-state index contributed by atoms with van der Waals surface area (Å²) in [6.45, 7) is 7.49. The Morgan fingerprint density at radius 1 is 1.10 bits per heavy atom. The van der Waals surface area contributed by atoms with Gasteiger partial charge in [-0.2, -0.15) is 0 Å². The van der Waals surface area contributed by atoms with Crippen molar-refractivity contribution in [3.05, 3.63) is 47.7 Å². The molecule has 4 rings (SSSR count). The van der Waals surface area contributed by atoms with Crippen molar-refractivity contribution in [2.75, 3.05) is 36.8 Å². The van der Waals surface area contributed by atoms with Crippen molar-refractivity contribution < 1.29 is 9.21 Å². The maximum atomic E-state index is 12.7. The summed E-state index contributed by atoms with van der Waals surface area (Å²) >= 11 is 1.41. The summed E-state index contributed by atoms with van der Waals surface area (Å²) in [5, 5.41) is 9.08. The number of rotatable bonds is 5. The van der Waals surface area contributed by atoms with Crippen molar-refractivity contribution in [1.29, 1.82) is 0 Å². The van der Waals surface area contributed by atoms with Crippen LogP contribution in [0.2, 0.25) is 0 Å². The number of hydrogen-bond donors (Lipinski definition) is 0. The van der Waals surface area contributed by atoms with E-state index in [1.807, 2.05) is 28.6 Å². The molecule has 1 aliphatic heterocycles. The van der Waals surface area contributed by atoms with Crippen LogP contribution in [0, 0.1) is 13.8 Å². The molecule has 3 aromatic rings. The minimum atomic E-state index is 0.137. The van der Waals surface area contributed by atoms with E-state index in [1.54, 1.807) is 6.26 Å². The van der Waals surface area contributed by atoms with E-state index in [9.17, 15) is 4.79 Å². The van der Waals surface area contributed by atoms with Crippen molar-refractivity contribution >= 4 is 23.4 Å². The van der Waals surface area contributed by atoms with Gasteiger partial charge in [-0.25, -0.2) is 0 Å². The second kappa shape index (κ2) is 8.32. The van der Waals surface area contributed by atoms with Crippen LogP contribution in [0.25, 0.3) is 11.6 Å². The molecule has 1 aromatic carbocycles. The number of thioether (sulfide) groups is 1. The number of hydrogen-bond acceptors (Lipinski definition) is 6. The van der Waals surface area contributed by atoms with Crippen LogP contribution in [-0.2, 0) is 11.8 Å². The lowest BCUT2D eigenvalue weighted by molar-refractivity contribution is -0.128. The van der Waals surface area contributed by atoms with E-state index in [2.05, 4.69) is 47.1 Å². The third-order valence-electron chi connectivity index (χ3n) is 5.45. The van der Waals surface area contributed by atoms with Crippen LogP contribution in [0.1, 0.15) is 11.1 Å². The summed E-state index contributed by atoms with van der Waals surface area (Å²) in [4.78, 5) is 17.0. The molecule has 0 saturated carbocycles. The quantitative estimate of drug-likeness (QED) is 0.601. The van der Waals surface area contributed by atoms with Crippen LogP contribution in [0.4, 0.5) is 5.69 Å². The number of aryl methyl sites for hydroxylation is 1. The van der Waals surface area contributed by atoms with Gasteiger partial charge in [0.15, 0.2) is 16.7 Å². The van der Waals surface area contributed by atoms with Gasteiger partial charge >= 0.3 is 0 Å². The fraction of sp³-hybridized carbons (Fsp3) is 0.381. The Morgan fingerprint density at radius 2 is 1.90 bits per heavy atom. The van der Waals surface area contributed by atoms with Crippen molar-refractivity contribution in [2.24, 2.45) is 7.05 Å². The lowest BCUT2D eigenvalue weighted by atomic mass is 10.1. The first-order chi connectivity index (χ1) is 14.0. The summed E-state index contributed by atoms with van der Waals surface area (Å²) < 4.78 is 7.24. The standard InChI is InChI=1S/C21H25N5O2S/c1-15-6-4-7-17(16(15)2)25-9-11-26(12-10-25)19(27)14-29-21-23-22-20(24(21)3)18-8-5-13-28-18/h4-8,13H,9-12,14H2,1-3H3. The number of amides is 1. The van der Waals surface area contributed by atoms with E-state index < -0.39 is 0 Å². The largest absolute Gasteiger partial charge is 0.461 e. The van der Waals surface area contributed by atoms with E-state index in [1.165, 1.54) is 28.6 Å². The second-order valence-electron chi connectivity index (χ2n) is 7.22. The van der Waals surface area contributed by atoms with E-state index in [4.69, 9.17) is 4.42 Å². The predicted molar refractivity (Wildman–Crippen MR) is 114 cm³/mol. The summed E-state index contributed by atoms with van der Waals surface area (Å²) in [7, 11) is 1.88. The molecule has 1 fully saturated rings. The van der Waals surface area contributed by atoms with E-state index in [0.29, 0.717) is 22.5 Å². The summed E-state index contributed by atoms with van der Waals surface area (Å²) in [5.41, 5.74) is 3.89. The minimum Gasteiger partial charge on any atom is -0.461 e. The Hall–Kier alpha value is -2.74. The molecule has 3 heterocycles. The SMILES string of the molecule is Cc1cccc(N2CCN(C(=O)CSc3nnc(-c4ccco4)n3C)CC2)c1C. The topological polar surface area (TPSA) is 67.4 Å². The molecule has 29 heavy (non-hydrogen) atoms. The fourth-order valence-electron chi connectivity index (χ4n) is 3.55. The highest BCUT2D eigenvalue weighted by Gasteiger charge is 2.23. The number of aromatic nitrogens is 3. The van der Waals surface area contributed by atoms with Crippen LogP contribution in [0.3, 0.4) is 0 Å². The number of carbonyl (C=O) groups is 1. The summed E-state index contributed by atoms with van der Waals surface area (Å²) in [6.07, 6.45) is 1.61. The van der Waals surface area contributed by atoms with Gasteiger partial charge in [0.2, 0.25) is 5.91 Å². The fourth-order valence-corrected chi connectivity index (χ4v) is 4.37. The molecule has 0 atom stereocenters. The zero-order chi connectivity index (χ0) is 20.4. The number of benzene rings is 1. The Bertz CT molecular complexity index is 991. The molecule has 1 aliphatic rings. The van der Waals surface area contributed by atoms with Crippen molar-refractivity contribution in [2.45, 2.75) is 19.0 Å². The van der Waals surface area contributed by atoms with Gasteiger partial charge in [-0.15, -0.1) is 10.2 Å². The summed E-state index contributed by atoms with van der Waals surface area (Å²) in [5.74, 6) is 1.82. The van der Waals surface area contributed by atoms with Crippen LogP contribution >= 0.6 is 11.8 Å². The second-order valence-corrected chi connectivity index (χ2v) is 8.16. The van der Waals surface area contributed by atoms with E-state index in [-0.39, 0.29) is 5.91 Å². The highest BCUT2D eigenvalue weighted by atomic mass is 32.2. The third-order valence-corrected chi connectivity index (χ3v) is 6.46. The van der Waals surface area contributed by atoms with Gasteiger partial charge in [-0.3, -0.25) is 4.79 Å². The average Bonchev–Trinajstić information content (AvgIpc) is 3.38. The van der Waals surface area contributed by atoms with Gasteiger partial charge < -0.3 is 18.8 Å². The van der Waals surface area contributed by atoms with Crippen LogP contribution in [0.5, 0.6) is 0 Å². The molecule has 1 amide bonds. The van der Waals surface area contributed by atoms with Crippen LogP contribution in [0.15, 0.2) is 46.2 Å². The minimum absolute atomic E-state index is 0.137. The molecule has 152 valence electrons. The molecular formula is C21H25N5O2S.